The number of alkyl halides is 3. The summed E-state index contributed by atoms with van der Waals surface area (Å²) in [7, 11) is 0. The van der Waals surface area contributed by atoms with Crippen molar-refractivity contribution in [3.63, 3.8) is 0 Å². The van der Waals surface area contributed by atoms with Crippen LogP contribution in [0.5, 0.6) is 0 Å². The molecule has 20 heavy (non-hydrogen) atoms. The Morgan fingerprint density at radius 3 is 2.40 bits per heavy atom. The quantitative estimate of drug-likeness (QED) is 0.903. The Balaban J connectivity index is 2.29. The first kappa shape index (κ1) is 14.4. The molecular formula is C13H14F3N3O. The molecule has 0 saturated heterocycles. The van der Waals surface area contributed by atoms with Gasteiger partial charge in [-0.2, -0.15) is 13.2 Å². The number of aromatic nitrogens is 2. The third-order valence-corrected chi connectivity index (χ3v) is 2.95. The van der Waals surface area contributed by atoms with Crippen molar-refractivity contribution < 1.29 is 13.2 Å². The van der Waals surface area contributed by atoms with Gasteiger partial charge in [-0.05, 0) is 43.7 Å². The largest absolute Gasteiger partial charge is 0.416 e. The van der Waals surface area contributed by atoms with Crippen LogP contribution in [0.25, 0.3) is 5.69 Å². The molecule has 1 aromatic carbocycles. The van der Waals surface area contributed by atoms with E-state index in [0.717, 1.165) is 12.1 Å². The summed E-state index contributed by atoms with van der Waals surface area (Å²) in [6.07, 6.45) is -1.61. The van der Waals surface area contributed by atoms with Gasteiger partial charge in [-0.15, -0.1) is 0 Å². The van der Waals surface area contributed by atoms with E-state index in [4.69, 9.17) is 5.73 Å². The molecule has 0 aliphatic heterocycles. The van der Waals surface area contributed by atoms with Crippen molar-refractivity contribution in [3.8, 4) is 5.69 Å². The summed E-state index contributed by atoms with van der Waals surface area (Å²) in [6, 6.07) is 4.41. The molecule has 0 aliphatic rings. The lowest BCUT2D eigenvalue weighted by Gasteiger charge is -2.07. The number of benzene rings is 1. The van der Waals surface area contributed by atoms with Crippen LogP contribution in [-0.4, -0.2) is 16.3 Å². The predicted octanol–water partition coefficient (Wildman–Crippen LogP) is 2.08. The number of aryl methyl sites for hydroxylation is 1. The molecule has 2 rings (SSSR count). The average Bonchev–Trinajstić information content (AvgIpc) is 2.77. The van der Waals surface area contributed by atoms with E-state index in [1.54, 1.807) is 6.20 Å². The lowest BCUT2D eigenvalue weighted by atomic mass is 10.2. The Kier molecular flexibility index (Phi) is 3.99. The fraction of sp³-hybridized carbons (Fsp3) is 0.308. The molecule has 2 aromatic rings. The standard InChI is InChI=1S/C13H14F3N3O/c14-13(15,16)10-3-5-11(6-4-10)19-12(20)9(8-18-19)2-1-7-17/h3-6,8,18H,1-2,7,17H2. The smallest absolute Gasteiger partial charge is 0.330 e. The van der Waals surface area contributed by atoms with Crippen LogP contribution in [0, 0.1) is 0 Å². The summed E-state index contributed by atoms with van der Waals surface area (Å²) in [5, 5.41) is 2.74. The van der Waals surface area contributed by atoms with Crippen molar-refractivity contribution in [1.82, 2.24) is 9.78 Å². The highest BCUT2D eigenvalue weighted by molar-refractivity contribution is 5.35. The third kappa shape index (κ3) is 2.93. The van der Waals surface area contributed by atoms with Crippen LogP contribution in [0.3, 0.4) is 0 Å². The molecule has 0 bridgehead atoms. The Hall–Kier alpha value is -2.02. The van der Waals surface area contributed by atoms with E-state index in [1.807, 2.05) is 0 Å². The molecule has 0 saturated carbocycles. The number of halogens is 3. The molecule has 0 fully saturated rings. The van der Waals surface area contributed by atoms with E-state index in [2.05, 4.69) is 5.10 Å². The van der Waals surface area contributed by atoms with Gasteiger partial charge in [0.25, 0.3) is 5.56 Å². The number of rotatable bonds is 4. The van der Waals surface area contributed by atoms with E-state index in [0.29, 0.717) is 30.6 Å². The number of hydrogen-bond donors (Lipinski definition) is 2. The second-order valence-corrected chi connectivity index (χ2v) is 4.38. The van der Waals surface area contributed by atoms with Crippen molar-refractivity contribution in [2.75, 3.05) is 6.54 Å². The monoisotopic (exact) mass is 285 g/mol. The topological polar surface area (TPSA) is 63.8 Å². The van der Waals surface area contributed by atoms with E-state index >= 15 is 0 Å². The van der Waals surface area contributed by atoms with Crippen LogP contribution in [0.4, 0.5) is 13.2 Å². The zero-order valence-corrected chi connectivity index (χ0v) is 10.6. The number of nitrogens with one attached hydrogen (secondary N) is 1. The lowest BCUT2D eigenvalue weighted by molar-refractivity contribution is -0.137. The molecule has 3 N–H and O–H groups in total. The van der Waals surface area contributed by atoms with Gasteiger partial charge in [0.1, 0.15) is 0 Å². The Bertz CT molecular complexity index is 626. The second-order valence-electron chi connectivity index (χ2n) is 4.38. The zero-order chi connectivity index (χ0) is 14.8. The summed E-state index contributed by atoms with van der Waals surface area (Å²) >= 11 is 0. The first-order chi connectivity index (χ1) is 9.43. The molecule has 1 aromatic heterocycles. The first-order valence-electron chi connectivity index (χ1n) is 6.10. The van der Waals surface area contributed by atoms with E-state index < -0.39 is 11.7 Å². The second kappa shape index (κ2) is 5.54. The average molecular weight is 285 g/mol. The SMILES string of the molecule is NCCCc1c[nH]n(-c2ccc(C(F)(F)F)cc2)c1=O. The van der Waals surface area contributed by atoms with Crippen LogP contribution in [0.2, 0.25) is 0 Å². The van der Waals surface area contributed by atoms with Crippen molar-refractivity contribution in [1.29, 1.82) is 0 Å². The molecule has 0 amide bonds. The number of H-pyrrole nitrogens is 1. The van der Waals surface area contributed by atoms with Gasteiger partial charge in [-0.25, -0.2) is 4.68 Å². The number of nitrogens with zero attached hydrogens (tertiary/aromatic N) is 1. The minimum absolute atomic E-state index is 0.266. The third-order valence-electron chi connectivity index (χ3n) is 2.95. The van der Waals surface area contributed by atoms with Gasteiger partial charge in [-0.3, -0.25) is 9.89 Å². The normalized spacial score (nSPS) is 11.8. The van der Waals surface area contributed by atoms with Crippen LogP contribution < -0.4 is 11.3 Å². The van der Waals surface area contributed by atoms with E-state index in [-0.39, 0.29) is 5.56 Å². The molecule has 0 atom stereocenters. The van der Waals surface area contributed by atoms with Crippen LogP contribution in [0.1, 0.15) is 17.5 Å². The van der Waals surface area contributed by atoms with Crippen LogP contribution in [-0.2, 0) is 12.6 Å². The van der Waals surface area contributed by atoms with Gasteiger partial charge < -0.3 is 5.73 Å². The molecule has 7 heteroatoms. The van der Waals surface area contributed by atoms with Gasteiger partial charge in [0.2, 0.25) is 0 Å². The molecule has 108 valence electrons. The molecular weight excluding hydrogens is 271 g/mol. The molecule has 0 aliphatic carbocycles. The highest BCUT2D eigenvalue weighted by Crippen LogP contribution is 2.29. The highest BCUT2D eigenvalue weighted by Gasteiger charge is 2.30. The molecule has 0 radical (unpaired) electrons. The van der Waals surface area contributed by atoms with Crippen LogP contribution in [0.15, 0.2) is 35.3 Å². The number of hydrogen-bond acceptors (Lipinski definition) is 2. The van der Waals surface area contributed by atoms with Gasteiger partial charge in [0, 0.05) is 11.8 Å². The fourth-order valence-electron chi connectivity index (χ4n) is 1.87. The maximum absolute atomic E-state index is 12.5. The minimum Gasteiger partial charge on any atom is -0.330 e. The Labute approximate surface area is 113 Å². The predicted molar refractivity (Wildman–Crippen MR) is 68.8 cm³/mol. The number of aromatic amines is 1. The minimum atomic E-state index is -4.38. The Morgan fingerprint density at radius 1 is 1.20 bits per heavy atom. The summed E-state index contributed by atoms with van der Waals surface area (Å²) in [4.78, 5) is 12.0. The lowest BCUT2D eigenvalue weighted by Crippen LogP contribution is -2.18. The van der Waals surface area contributed by atoms with Gasteiger partial charge in [0.15, 0.2) is 0 Å². The van der Waals surface area contributed by atoms with Gasteiger partial charge in [0.05, 0.1) is 11.3 Å². The molecule has 0 unspecified atom stereocenters. The fourth-order valence-corrected chi connectivity index (χ4v) is 1.87. The maximum Gasteiger partial charge on any atom is 0.416 e. The van der Waals surface area contributed by atoms with E-state index in [9.17, 15) is 18.0 Å². The van der Waals surface area contributed by atoms with Crippen molar-refractivity contribution >= 4 is 0 Å². The van der Waals surface area contributed by atoms with Gasteiger partial charge in [-0.1, -0.05) is 0 Å². The zero-order valence-electron chi connectivity index (χ0n) is 10.6. The van der Waals surface area contributed by atoms with Crippen molar-refractivity contribution in [3.05, 3.63) is 51.9 Å². The summed E-state index contributed by atoms with van der Waals surface area (Å²) in [6.45, 7) is 0.477. The summed E-state index contributed by atoms with van der Waals surface area (Å²) in [5.74, 6) is 0. The molecule has 1 heterocycles. The summed E-state index contributed by atoms with van der Waals surface area (Å²) in [5.41, 5.74) is 5.29. The molecule has 4 nitrogen and oxygen atoms in total. The van der Waals surface area contributed by atoms with Gasteiger partial charge >= 0.3 is 6.18 Å². The maximum atomic E-state index is 12.5. The van der Waals surface area contributed by atoms with Crippen molar-refractivity contribution in [2.24, 2.45) is 5.73 Å². The molecule has 0 spiro atoms. The van der Waals surface area contributed by atoms with E-state index in [1.165, 1.54) is 16.8 Å². The number of nitrogens with two attached hydrogens (primary N) is 1. The summed E-state index contributed by atoms with van der Waals surface area (Å²) < 4.78 is 38.6. The van der Waals surface area contributed by atoms with Crippen LogP contribution >= 0.6 is 0 Å². The Morgan fingerprint density at radius 2 is 1.85 bits per heavy atom. The first-order valence-corrected chi connectivity index (χ1v) is 6.10. The van der Waals surface area contributed by atoms with Crippen molar-refractivity contribution in [2.45, 2.75) is 19.0 Å². The highest BCUT2D eigenvalue weighted by atomic mass is 19.4.